The SMILES string of the molecule is Cc1noc(C)c1S(=O)(=O)OC(=O)[C@@H](N)CN. The zero-order valence-electron chi connectivity index (χ0n) is 9.34. The minimum absolute atomic E-state index is 0.0385. The molecule has 9 heteroatoms. The number of carbonyl (C=O) groups is 1. The Bertz CT molecular complexity index is 502. The smallest absolute Gasteiger partial charge is 0.347 e. The van der Waals surface area contributed by atoms with Gasteiger partial charge in [-0.15, -0.1) is 0 Å². The van der Waals surface area contributed by atoms with Crippen molar-refractivity contribution in [1.29, 1.82) is 0 Å². The number of aryl methyl sites for hydroxylation is 2. The van der Waals surface area contributed by atoms with Crippen LogP contribution in [0.5, 0.6) is 0 Å². The van der Waals surface area contributed by atoms with Crippen LogP contribution in [0.3, 0.4) is 0 Å². The lowest BCUT2D eigenvalue weighted by molar-refractivity contribution is -0.135. The van der Waals surface area contributed by atoms with Gasteiger partial charge in [-0.1, -0.05) is 5.16 Å². The Balaban J connectivity index is 3.02. The van der Waals surface area contributed by atoms with Crippen LogP contribution in [-0.4, -0.2) is 32.1 Å². The fourth-order valence-corrected chi connectivity index (χ4v) is 2.35. The molecule has 1 aromatic heterocycles. The van der Waals surface area contributed by atoms with Crippen molar-refractivity contribution in [3.05, 3.63) is 11.5 Å². The van der Waals surface area contributed by atoms with Gasteiger partial charge < -0.3 is 20.2 Å². The van der Waals surface area contributed by atoms with E-state index in [0.717, 1.165) is 0 Å². The molecule has 0 fully saturated rings. The molecule has 1 atom stereocenters. The normalized spacial score (nSPS) is 13.4. The molecule has 0 aromatic carbocycles. The lowest BCUT2D eigenvalue weighted by Gasteiger charge is -2.08. The van der Waals surface area contributed by atoms with Crippen molar-refractivity contribution in [1.82, 2.24) is 5.16 Å². The summed E-state index contributed by atoms with van der Waals surface area (Å²) in [6, 6.07) is -1.19. The molecule has 1 aromatic rings. The molecule has 0 saturated carbocycles. The number of carbonyl (C=O) groups excluding carboxylic acids is 1. The van der Waals surface area contributed by atoms with E-state index >= 15 is 0 Å². The highest BCUT2D eigenvalue weighted by molar-refractivity contribution is 7.87. The minimum atomic E-state index is -4.27. The molecular weight excluding hydrogens is 250 g/mol. The first kappa shape index (κ1) is 13.6. The van der Waals surface area contributed by atoms with Crippen LogP contribution in [0.1, 0.15) is 11.5 Å². The zero-order chi connectivity index (χ0) is 13.2. The largest absolute Gasteiger partial charge is 0.360 e. The van der Waals surface area contributed by atoms with Crippen molar-refractivity contribution >= 4 is 16.1 Å². The number of aromatic nitrogens is 1. The van der Waals surface area contributed by atoms with Crippen LogP contribution in [0.2, 0.25) is 0 Å². The summed E-state index contributed by atoms with van der Waals surface area (Å²) >= 11 is 0. The molecule has 1 rings (SSSR count). The van der Waals surface area contributed by atoms with Crippen LogP contribution in [0.25, 0.3) is 0 Å². The van der Waals surface area contributed by atoms with E-state index in [1.807, 2.05) is 0 Å². The van der Waals surface area contributed by atoms with Gasteiger partial charge in [0.25, 0.3) is 0 Å². The molecule has 4 N–H and O–H groups in total. The van der Waals surface area contributed by atoms with E-state index in [4.69, 9.17) is 11.5 Å². The summed E-state index contributed by atoms with van der Waals surface area (Å²) in [5.74, 6) is -1.08. The van der Waals surface area contributed by atoms with Gasteiger partial charge in [0.1, 0.15) is 11.7 Å². The summed E-state index contributed by atoms with van der Waals surface area (Å²) in [4.78, 5) is 11.0. The van der Waals surface area contributed by atoms with Crippen molar-refractivity contribution in [3.63, 3.8) is 0 Å². The molecular formula is C8H13N3O5S. The van der Waals surface area contributed by atoms with Gasteiger partial charge in [-0.2, -0.15) is 8.42 Å². The average Bonchev–Trinajstić information content (AvgIpc) is 2.57. The van der Waals surface area contributed by atoms with Crippen LogP contribution in [0.15, 0.2) is 9.42 Å². The maximum atomic E-state index is 11.7. The number of nitrogens with two attached hydrogens (primary N) is 2. The Kier molecular flexibility index (Phi) is 3.86. The van der Waals surface area contributed by atoms with Gasteiger partial charge in [0.2, 0.25) is 0 Å². The molecule has 0 aliphatic rings. The van der Waals surface area contributed by atoms with Gasteiger partial charge in [0.05, 0.1) is 0 Å². The Morgan fingerprint density at radius 3 is 2.53 bits per heavy atom. The number of rotatable bonds is 4. The summed E-state index contributed by atoms with van der Waals surface area (Å²) in [6.07, 6.45) is 0. The molecule has 0 saturated heterocycles. The van der Waals surface area contributed by atoms with E-state index in [9.17, 15) is 13.2 Å². The fourth-order valence-electron chi connectivity index (χ4n) is 1.14. The molecule has 17 heavy (non-hydrogen) atoms. The summed E-state index contributed by atoms with van der Waals surface area (Å²) in [7, 11) is -4.27. The zero-order valence-corrected chi connectivity index (χ0v) is 10.2. The van der Waals surface area contributed by atoms with Crippen LogP contribution in [0, 0.1) is 13.8 Å². The number of nitrogens with zero attached hydrogens (tertiary/aromatic N) is 1. The highest BCUT2D eigenvalue weighted by atomic mass is 32.2. The number of hydrogen-bond acceptors (Lipinski definition) is 8. The van der Waals surface area contributed by atoms with Gasteiger partial charge in [0, 0.05) is 6.54 Å². The Labute approximate surface area is 98.0 Å². The summed E-state index contributed by atoms with van der Waals surface area (Å²) in [5, 5.41) is 3.45. The second kappa shape index (κ2) is 4.82. The second-order valence-electron chi connectivity index (χ2n) is 3.35. The van der Waals surface area contributed by atoms with Crippen LogP contribution in [-0.2, 0) is 19.1 Å². The quantitative estimate of drug-likeness (QED) is 0.646. The highest BCUT2D eigenvalue weighted by Gasteiger charge is 2.30. The van der Waals surface area contributed by atoms with Crippen molar-refractivity contribution in [2.24, 2.45) is 11.5 Å². The predicted octanol–water partition coefficient (Wildman–Crippen LogP) is -1.19. The van der Waals surface area contributed by atoms with E-state index in [1.165, 1.54) is 13.8 Å². The standard InChI is InChI=1S/C8H13N3O5S/c1-4-7(5(2)15-11-4)17(13,14)16-8(12)6(10)3-9/h6H,3,9-10H2,1-2H3/t6-/m0/s1. The Hall–Kier alpha value is -1.45. The first-order chi connectivity index (χ1) is 7.79. The van der Waals surface area contributed by atoms with Crippen molar-refractivity contribution in [2.75, 3.05) is 6.54 Å². The third kappa shape index (κ3) is 2.81. The summed E-state index contributed by atoms with van der Waals surface area (Å²) in [6.45, 7) is 2.60. The molecule has 96 valence electrons. The topological polar surface area (TPSA) is 139 Å². The van der Waals surface area contributed by atoms with E-state index in [1.54, 1.807) is 0 Å². The molecule has 1 heterocycles. The fraction of sp³-hybridized carbons (Fsp3) is 0.500. The second-order valence-corrected chi connectivity index (χ2v) is 4.84. The third-order valence-corrected chi connectivity index (χ3v) is 3.43. The Morgan fingerprint density at radius 2 is 2.12 bits per heavy atom. The molecule has 0 unspecified atom stereocenters. The van der Waals surface area contributed by atoms with Gasteiger partial charge in [-0.25, -0.2) is 4.79 Å². The molecule has 0 bridgehead atoms. The summed E-state index contributed by atoms with van der Waals surface area (Å²) < 4.78 is 32.5. The lowest BCUT2D eigenvalue weighted by atomic mass is 10.3. The molecule has 0 aliphatic heterocycles. The van der Waals surface area contributed by atoms with E-state index in [2.05, 4.69) is 13.9 Å². The van der Waals surface area contributed by atoms with E-state index < -0.39 is 22.1 Å². The van der Waals surface area contributed by atoms with Gasteiger partial charge in [-0.3, -0.25) is 0 Å². The van der Waals surface area contributed by atoms with Crippen molar-refractivity contribution in [3.8, 4) is 0 Å². The molecule has 0 aliphatic carbocycles. The van der Waals surface area contributed by atoms with Gasteiger partial charge in [0.15, 0.2) is 10.7 Å². The first-order valence-electron chi connectivity index (χ1n) is 4.66. The first-order valence-corrected chi connectivity index (χ1v) is 6.07. The Morgan fingerprint density at radius 1 is 1.53 bits per heavy atom. The maximum absolute atomic E-state index is 11.7. The average molecular weight is 263 g/mol. The van der Waals surface area contributed by atoms with E-state index in [0.29, 0.717) is 0 Å². The van der Waals surface area contributed by atoms with Crippen molar-refractivity contribution in [2.45, 2.75) is 24.8 Å². The predicted molar refractivity (Wildman–Crippen MR) is 56.3 cm³/mol. The molecule has 0 radical (unpaired) electrons. The number of hydrogen-bond donors (Lipinski definition) is 2. The van der Waals surface area contributed by atoms with Crippen LogP contribution in [0.4, 0.5) is 0 Å². The third-order valence-electron chi connectivity index (χ3n) is 1.97. The minimum Gasteiger partial charge on any atom is -0.360 e. The monoisotopic (exact) mass is 263 g/mol. The van der Waals surface area contributed by atoms with Crippen LogP contribution >= 0.6 is 0 Å². The van der Waals surface area contributed by atoms with Gasteiger partial charge in [-0.05, 0) is 13.8 Å². The summed E-state index contributed by atoms with van der Waals surface area (Å²) in [5.41, 5.74) is 10.5. The van der Waals surface area contributed by atoms with E-state index in [-0.39, 0.29) is 22.9 Å². The van der Waals surface area contributed by atoms with Gasteiger partial charge >= 0.3 is 16.1 Å². The molecule has 8 nitrogen and oxygen atoms in total. The van der Waals surface area contributed by atoms with Crippen LogP contribution < -0.4 is 11.5 Å². The molecule has 0 spiro atoms. The van der Waals surface area contributed by atoms with Crippen molar-refractivity contribution < 1.29 is 21.9 Å². The highest BCUT2D eigenvalue weighted by Crippen LogP contribution is 2.21. The molecule has 0 amide bonds. The maximum Gasteiger partial charge on any atom is 0.347 e. The lowest BCUT2D eigenvalue weighted by Crippen LogP contribution is -2.40.